The first-order valence-electron chi connectivity index (χ1n) is 34.4. The van der Waals surface area contributed by atoms with E-state index < -0.39 is 5.60 Å². The average molecular weight is 1180 g/mol. The summed E-state index contributed by atoms with van der Waals surface area (Å²) in [7, 11) is 0. The number of aryl methyl sites for hydroxylation is 2. The monoisotopic (exact) mass is 1180 g/mol. The molecule has 0 bridgehead atoms. The first-order chi connectivity index (χ1) is 40.9. The van der Waals surface area contributed by atoms with Gasteiger partial charge in [-0.3, -0.25) is 0 Å². The summed E-state index contributed by atoms with van der Waals surface area (Å²) in [4.78, 5) is 0. The van der Waals surface area contributed by atoms with Crippen LogP contribution >= 0.6 is 0 Å². The number of phenols is 3. The molecule has 6 heteroatoms. The number of allylic oxidation sites excluding steroid dienone is 12. The molecule has 476 valence electrons. The molecule has 0 unspecified atom stereocenters. The summed E-state index contributed by atoms with van der Waals surface area (Å²) >= 11 is 0. The minimum Gasteiger partial charge on any atom is -0.508 e. The molecule has 3 aliphatic heterocycles. The Morgan fingerprint density at radius 1 is 0.477 bits per heavy atom. The van der Waals surface area contributed by atoms with Gasteiger partial charge in [0.2, 0.25) is 0 Å². The van der Waals surface area contributed by atoms with Gasteiger partial charge in [-0.05, 0) is 259 Å². The van der Waals surface area contributed by atoms with E-state index in [2.05, 4.69) is 133 Å². The van der Waals surface area contributed by atoms with Crippen LogP contribution in [0.1, 0.15) is 307 Å². The number of phenolic OH excluding ortho intramolecular Hbond substituents is 3. The molecule has 86 heavy (non-hydrogen) atoms. The first kappa shape index (κ1) is 70.0. The van der Waals surface area contributed by atoms with Crippen molar-refractivity contribution in [2.45, 2.75) is 320 Å². The van der Waals surface area contributed by atoms with Gasteiger partial charge >= 0.3 is 0 Å². The van der Waals surface area contributed by atoms with E-state index in [1.165, 1.54) is 91.2 Å². The minimum atomic E-state index is -0.448. The zero-order chi connectivity index (χ0) is 62.6. The van der Waals surface area contributed by atoms with Crippen LogP contribution in [0.25, 0.3) is 0 Å². The zero-order valence-electron chi connectivity index (χ0n) is 57.3. The molecule has 0 fully saturated rings. The highest BCUT2D eigenvalue weighted by Crippen LogP contribution is 2.51. The molecule has 0 spiro atoms. The lowest BCUT2D eigenvalue weighted by Crippen LogP contribution is -2.38. The van der Waals surface area contributed by atoms with Crippen molar-refractivity contribution in [2.75, 3.05) is 0 Å². The molecule has 0 aromatic heterocycles. The lowest BCUT2D eigenvalue weighted by molar-refractivity contribution is 0.0519. The second-order valence-corrected chi connectivity index (χ2v) is 29.0. The average Bonchev–Trinajstić information content (AvgIpc) is 0.857. The second kappa shape index (κ2) is 33.5. The van der Waals surface area contributed by atoms with Crippen molar-refractivity contribution in [3.63, 3.8) is 0 Å². The van der Waals surface area contributed by atoms with Gasteiger partial charge < -0.3 is 29.5 Å². The van der Waals surface area contributed by atoms with Crippen molar-refractivity contribution in [2.24, 2.45) is 5.92 Å². The Labute approximate surface area is 525 Å². The lowest BCUT2D eigenvalue weighted by atomic mass is 9.80. The van der Waals surface area contributed by atoms with E-state index in [0.717, 1.165) is 202 Å². The fraction of sp³-hybridized carbons (Fsp3) is 0.625. The lowest BCUT2D eigenvalue weighted by Gasteiger charge is -2.40. The Kier molecular flexibility index (Phi) is 27.2. The normalized spacial score (nSPS) is 19.8. The van der Waals surface area contributed by atoms with Gasteiger partial charge in [0, 0.05) is 46.2 Å². The summed E-state index contributed by atoms with van der Waals surface area (Å²) < 4.78 is 21.7. The van der Waals surface area contributed by atoms with Crippen molar-refractivity contribution in [3.8, 4) is 34.5 Å². The smallest absolute Gasteiger partial charge is 0.127 e. The molecule has 0 saturated carbocycles. The highest BCUT2D eigenvalue weighted by molar-refractivity contribution is 5.65. The Bertz CT molecular complexity index is 2890. The Hall–Kier alpha value is -5.10. The quantitative estimate of drug-likeness (QED) is 0.0408. The number of unbranched alkanes of at least 4 members (excludes halogenated alkanes) is 8. The van der Waals surface area contributed by atoms with E-state index in [1.54, 1.807) is 0 Å². The van der Waals surface area contributed by atoms with E-state index in [1.807, 2.05) is 25.1 Å². The van der Waals surface area contributed by atoms with Gasteiger partial charge in [0.25, 0.3) is 0 Å². The summed E-state index contributed by atoms with van der Waals surface area (Å²) in [5.41, 5.74) is 15.8. The maximum atomic E-state index is 12.7. The van der Waals surface area contributed by atoms with Gasteiger partial charge in [0.1, 0.15) is 51.3 Å². The van der Waals surface area contributed by atoms with Crippen molar-refractivity contribution in [1.29, 1.82) is 0 Å². The summed E-state index contributed by atoms with van der Waals surface area (Å²) in [6, 6.07) is 5.63. The van der Waals surface area contributed by atoms with Crippen LogP contribution in [-0.2, 0) is 32.1 Å². The largest absolute Gasteiger partial charge is 0.508 e. The standard InChI is InChI=1S/C80H120O6/c1-56(2)31-23-21-19-17-16-18-20-22-24-45-78(13)48-42-65-52-67(81)53-66(76(65)85-78)54-72-69-44-50-80(15,47-30-41-62(10)39-28-37-60(8)35-26-33-58(5)6)86-77(69)70(64(12)74(72)83)55-71-68-43-49-79(14,84-75(68)63(11)51-73(71)82)46-29-40-61(9)38-27-36-59(7)34-25-32-57(3)4/h32-33,36-37,40-41,51-53,56,81-83H,16-31,34-35,38-39,42-50,54-55H2,1-15H3/b59-36+,60-37+,61-40+,62-41+/t78-,79-,80-/m1/s1. The van der Waals surface area contributed by atoms with E-state index in [4.69, 9.17) is 14.2 Å². The van der Waals surface area contributed by atoms with Crippen LogP contribution in [0.2, 0.25) is 0 Å². The zero-order valence-corrected chi connectivity index (χ0v) is 57.3. The van der Waals surface area contributed by atoms with Crippen LogP contribution in [0.3, 0.4) is 0 Å². The van der Waals surface area contributed by atoms with Gasteiger partial charge in [-0.1, -0.05) is 142 Å². The number of rotatable bonds is 34. The molecule has 3 aromatic rings. The third-order valence-electron chi connectivity index (χ3n) is 19.5. The molecule has 6 rings (SSSR count). The Morgan fingerprint density at radius 3 is 1.44 bits per heavy atom. The molecule has 3 atom stereocenters. The molecule has 3 aliphatic rings. The van der Waals surface area contributed by atoms with Crippen molar-refractivity contribution in [1.82, 2.24) is 0 Å². The van der Waals surface area contributed by atoms with Gasteiger partial charge in [-0.15, -0.1) is 0 Å². The van der Waals surface area contributed by atoms with Crippen LogP contribution in [0.5, 0.6) is 34.5 Å². The molecule has 6 nitrogen and oxygen atoms in total. The van der Waals surface area contributed by atoms with Crippen LogP contribution in [0, 0.1) is 19.8 Å². The summed E-state index contributed by atoms with van der Waals surface area (Å²) in [5.74, 6) is 4.14. The predicted molar refractivity (Wildman–Crippen MR) is 366 cm³/mol. The molecule has 3 N–H and O–H groups in total. The van der Waals surface area contributed by atoms with Crippen molar-refractivity contribution >= 4 is 0 Å². The molecule has 0 radical (unpaired) electrons. The van der Waals surface area contributed by atoms with Gasteiger partial charge in [0.15, 0.2) is 0 Å². The predicted octanol–water partition coefficient (Wildman–Crippen LogP) is 23.2. The van der Waals surface area contributed by atoms with E-state index in [9.17, 15) is 15.3 Å². The first-order valence-corrected chi connectivity index (χ1v) is 34.4. The molecular formula is C80H120O6. The number of hydrogen-bond acceptors (Lipinski definition) is 6. The maximum Gasteiger partial charge on any atom is 0.127 e. The highest BCUT2D eigenvalue weighted by Gasteiger charge is 2.39. The van der Waals surface area contributed by atoms with Crippen LogP contribution in [0.4, 0.5) is 0 Å². The third-order valence-corrected chi connectivity index (χ3v) is 19.5. The molecule has 0 aliphatic carbocycles. The maximum absolute atomic E-state index is 12.7. The highest BCUT2D eigenvalue weighted by atomic mass is 16.5. The third kappa shape index (κ3) is 21.6. The van der Waals surface area contributed by atoms with Gasteiger partial charge in [-0.25, -0.2) is 0 Å². The molecular weight excluding hydrogens is 1060 g/mol. The number of fused-ring (bicyclic) bond motifs is 3. The van der Waals surface area contributed by atoms with E-state index in [0.29, 0.717) is 12.8 Å². The Morgan fingerprint density at radius 2 is 0.919 bits per heavy atom. The second-order valence-electron chi connectivity index (χ2n) is 29.0. The molecule has 0 saturated heterocycles. The van der Waals surface area contributed by atoms with Gasteiger partial charge in [0.05, 0.1) is 0 Å². The number of benzene rings is 3. The van der Waals surface area contributed by atoms with E-state index >= 15 is 0 Å². The van der Waals surface area contributed by atoms with Crippen molar-refractivity contribution in [3.05, 3.63) is 138 Å². The SMILES string of the molecule is CC(C)=CCC/C(C)=C/CC/C(C)=C/CC[C@]1(C)CCc2c(Cc3c(C)c(O)c(Cc4cc(O)cc5c4O[C@](C)(CCCCCCCCCCCC(C)C)CC5)c4c3O[C@](C)(CC/C=C(\C)CC/C=C(\C)CCC=C(C)C)CC4)c(O)cc(C)c2O1. The molecule has 0 amide bonds. The molecule has 3 aromatic carbocycles. The van der Waals surface area contributed by atoms with Gasteiger partial charge in [-0.2, -0.15) is 0 Å². The van der Waals surface area contributed by atoms with Crippen LogP contribution in [-0.4, -0.2) is 32.1 Å². The summed E-state index contributed by atoms with van der Waals surface area (Å²) in [6.45, 7) is 33.3. The molecule has 3 heterocycles. The van der Waals surface area contributed by atoms with Crippen molar-refractivity contribution < 1.29 is 29.5 Å². The number of aromatic hydroxyl groups is 3. The topological polar surface area (TPSA) is 88.4 Å². The number of ether oxygens (including phenoxy) is 3. The minimum absolute atomic E-state index is 0.231. The Balaban J connectivity index is 1.24. The summed E-state index contributed by atoms with van der Waals surface area (Å²) in [5, 5.41) is 36.1. The fourth-order valence-corrected chi connectivity index (χ4v) is 13.6. The summed E-state index contributed by atoms with van der Waals surface area (Å²) in [6.07, 6.45) is 46.5. The van der Waals surface area contributed by atoms with E-state index in [-0.39, 0.29) is 28.5 Å². The van der Waals surface area contributed by atoms with Crippen LogP contribution in [0.15, 0.2) is 88.1 Å². The number of hydrogen-bond donors (Lipinski definition) is 3. The van der Waals surface area contributed by atoms with Crippen LogP contribution < -0.4 is 14.2 Å². The fourth-order valence-electron chi connectivity index (χ4n) is 13.6.